The summed E-state index contributed by atoms with van der Waals surface area (Å²) in [6.07, 6.45) is 0. The molecule has 0 aromatic heterocycles. The van der Waals surface area contributed by atoms with Gasteiger partial charge in [0.25, 0.3) is 0 Å². The van der Waals surface area contributed by atoms with Crippen molar-refractivity contribution in [3.05, 3.63) is 158 Å². The minimum absolute atomic E-state index is 0.203. The van der Waals surface area contributed by atoms with Crippen LogP contribution in [-0.2, 0) is 0 Å². The van der Waals surface area contributed by atoms with Crippen LogP contribution in [0, 0.1) is 0 Å². The lowest BCUT2D eigenvalue weighted by Gasteiger charge is -2.52. The summed E-state index contributed by atoms with van der Waals surface area (Å²) in [6, 6.07) is 57.4. The van der Waals surface area contributed by atoms with Crippen LogP contribution in [0.2, 0.25) is 0 Å². The third-order valence-corrected chi connectivity index (χ3v) is 9.48. The zero-order chi connectivity index (χ0) is 32.8. The second kappa shape index (κ2) is 12.3. The van der Waals surface area contributed by atoms with E-state index >= 15 is 0 Å². The van der Waals surface area contributed by atoms with Crippen LogP contribution in [0.4, 0.5) is 56.9 Å². The zero-order valence-corrected chi connectivity index (χ0v) is 28.0. The Kier molecular flexibility index (Phi) is 7.66. The lowest BCUT2D eigenvalue weighted by molar-refractivity contribution is 0.301. The largest absolute Gasteiger partial charge is 0.480 e. The van der Waals surface area contributed by atoms with Gasteiger partial charge in [-0.2, -0.15) is 0 Å². The molecule has 0 N–H and O–H groups in total. The zero-order valence-electron chi connectivity index (χ0n) is 28.0. The average molecular weight is 626 g/mol. The summed E-state index contributed by atoms with van der Waals surface area (Å²) in [7, 11) is -0.203. The molecule has 0 atom stereocenters. The highest BCUT2D eigenvalue weighted by atomic mass is 15.4. The summed E-state index contributed by atoms with van der Waals surface area (Å²) in [6.45, 7) is 9.29. The van der Waals surface area contributed by atoms with E-state index in [4.69, 9.17) is 0 Å². The molecule has 6 heteroatoms. The van der Waals surface area contributed by atoms with E-state index in [0.29, 0.717) is 0 Å². The Labute approximate surface area is 285 Å². The first-order chi connectivity index (χ1) is 23.5. The second-order valence-electron chi connectivity index (χ2n) is 13.0. The maximum atomic E-state index is 2.65. The van der Waals surface area contributed by atoms with E-state index in [1.807, 2.05) is 0 Å². The van der Waals surface area contributed by atoms with Crippen molar-refractivity contribution in [2.75, 3.05) is 19.4 Å². The Bertz CT molecular complexity index is 1810. The number of hydrogen-bond acceptors (Lipinski definition) is 5. The van der Waals surface area contributed by atoms with Gasteiger partial charge in [0, 0.05) is 11.4 Å². The van der Waals surface area contributed by atoms with Gasteiger partial charge in [0.15, 0.2) is 0 Å². The van der Waals surface area contributed by atoms with Gasteiger partial charge in [0.1, 0.15) is 0 Å². The number of fused-ring (bicyclic) bond motifs is 4. The van der Waals surface area contributed by atoms with Crippen LogP contribution in [-0.4, -0.2) is 24.0 Å². The standard InChI is InChI=1S/C42H40BN5/c1-31(2)46(32(3)4)43(47-39-27-15-11-23-35(39)44(33-19-7-5-8-20-33)36-24-12-16-28-40(36)47)48-41-29-17-13-25-37(41)45(34-21-9-6-10-22-34)38-26-14-18-30-42(38)48/h5-32H,1-4H3. The Morgan fingerprint density at radius 1 is 0.354 bits per heavy atom. The van der Waals surface area contributed by atoms with Crippen molar-refractivity contribution in [3.8, 4) is 0 Å². The summed E-state index contributed by atoms with van der Waals surface area (Å²) >= 11 is 0. The van der Waals surface area contributed by atoms with E-state index in [1.54, 1.807) is 0 Å². The molecule has 48 heavy (non-hydrogen) atoms. The summed E-state index contributed by atoms with van der Waals surface area (Å²) in [5, 5.41) is 0. The summed E-state index contributed by atoms with van der Waals surface area (Å²) < 4.78 is 0. The molecule has 0 amide bonds. The van der Waals surface area contributed by atoms with Crippen LogP contribution in [0.15, 0.2) is 158 Å². The summed E-state index contributed by atoms with van der Waals surface area (Å²) in [5.41, 5.74) is 11.6. The Morgan fingerprint density at radius 2 is 0.604 bits per heavy atom. The fourth-order valence-corrected chi connectivity index (χ4v) is 7.67. The van der Waals surface area contributed by atoms with Crippen molar-refractivity contribution in [2.24, 2.45) is 0 Å². The highest BCUT2D eigenvalue weighted by molar-refractivity contribution is 6.69. The number of rotatable bonds is 7. The molecule has 5 nitrogen and oxygen atoms in total. The van der Waals surface area contributed by atoms with Gasteiger partial charge in [-0.1, -0.05) is 113 Å². The first kappa shape index (κ1) is 29.9. The molecule has 0 radical (unpaired) electrons. The molecule has 2 aliphatic heterocycles. The van der Waals surface area contributed by atoms with Gasteiger partial charge in [-0.25, -0.2) is 0 Å². The smallest absolute Gasteiger partial charge is 0.347 e. The molecule has 2 aliphatic rings. The molecule has 0 saturated heterocycles. The Hall–Kier alpha value is -5.46. The summed E-state index contributed by atoms with van der Waals surface area (Å²) in [4.78, 5) is 12.6. The van der Waals surface area contributed by atoms with Crippen LogP contribution in [0.1, 0.15) is 27.7 Å². The van der Waals surface area contributed by atoms with Gasteiger partial charge in [0.05, 0.1) is 45.5 Å². The Morgan fingerprint density at radius 3 is 0.875 bits per heavy atom. The van der Waals surface area contributed by atoms with E-state index in [2.05, 4.69) is 210 Å². The predicted molar refractivity (Wildman–Crippen MR) is 204 cm³/mol. The first-order valence-electron chi connectivity index (χ1n) is 17.0. The van der Waals surface area contributed by atoms with E-state index < -0.39 is 0 Å². The molecular formula is C42H40BN5. The van der Waals surface area contributed by atoms with Gasteiger partial charge in [-0.3, -0.25) is 4.81 Å². The highest BCUT2D eigenvalue weighted by Gasteiger charge is 2.48. The van der Waals surface area contributed by atoms with Crippen LogP contribution in [0.25, 0.3) is 0 Å². The number of anilines is 10. The lowest BCUT2D eigenvalue weighted by Crippen LogP contribution is -2.65. The van der Waals surface area contributed by atoms with E-state index in [1.165, 1.54) is 0 Å². The number of para-hydroxylation sites is 10. The topological polar surface area (TPSA) is 16.2 Å². The molecule has 0 unspecified atom stereocenters. The quantitative estimate of drug-likeness (QED) is 0.164. The predicted octanol–water partition coefficient (Wildman–Crippen LogP) is 11.3. The third-order valence-electron chi connectivity index (χ3n) is 9.48. The maximum Gasteiger partial charge on any atom is 0.480 e. The van der Waals surface area contributed by atoms with Gasteiger partial charge in [-0.05, 0) is 84.9 Å². The lowest BCUT2D eigenvalue weighted by atomic mass is 9.75. The van der Waals surface area contributed by atoms with E-state index in [9.17, 15) is 0 Å². The second-order valence-corrected chi connectivity index (χ2v) is 13.0. The monoisotopic (exact) mass is 625 g/mol. The fraction of sp³-hybridized carbons (Fsp3) is 0.143. The highest BCUT2D eigenvalue weighted by Crippen LogP contribution is 2.56. The fourth-order valence-electron chi connectivity index (χ4n) is 7.67. The molecule has 0 spiro atoms. The molecular weight excluding hydrogens is 585 g/mol. The van der Waals surface area contributed by atoms with E-state index in [-0.39, 0.29) is 19.2 Å². The van der Waals surface area contributed by atoms with Crippen LogP contribution < -0.4 is 19.4 Å². The van der Waals surface area contributed by atoms with Gasteiger partial charge in [-0.15, -0.1) is 0 Å². The number of hydrogen-bond donors (Lipinski definition) is 0. The first-order valence-corrected chi connectivity index (χ1v) is 17.0. The minimum atomic E-state index is -0.203. The van der Waals surface area contributed by atoms with Gasteiger partial charge >= 0.3 is 7.12 Å². The van der Waals surface area contributed by atoms with E-state index in [0.717, 1.165) is 56.9 Å². The molecule has 2 heterocycles. The van der Waals surface area contributed by atoms with Crippen LogP contribution >= 0.6 is 0 Å². The van der Waals surface area contributed by atoms with Crippen molar-refractivity contribution >= 4 is 64.0 Å². The average Bonchev–Trinajstić information content (AvgIpc) is 3.12. The number of benzene rings is 6. The molecule has 6 aromatic rings. The molecule has 0 bridgehead atoms. The van der Waals surface area contributed by atoms with Crippen molar-refractivity contribution in [1.29, 1.82) is 0 Å². The minimum Gasteiger partial charge on any atom is -0.347 e. The number of nitrogens with zero attached hydrogens (tertiary/aromatic N) is 5. The molecule has 236 valence electrons. The van der Waals surface area contributed by atoms with Gasteiger partial charge in [0.2, 0.25) is 0 Å². The maximum absolute atomic E-state index is 2.65. The van der Waals surface area contributed by atoms with Crippen LogP contribution in [0.3, 0.4) is 0 Å². The van der Waals surface area contributed by atoms with Gasteiger partial charge < -0.3 is 19.4 Å². The SMILES string of the molecule is CC(C)N(B(N1c2ccccc2N(c2ccccc2)c2ccccc21)N1c2ccccc2N(c2ccccc2)c2ccccc21)C(C)C. The molecule has 6 aromatic carbocycles. The Balaban J connectivity index is 1.42. The van der Waals surface area contributed by atoms with Crippen molar-refractivity contribution in [2.45, 2.75) is 39.8 Å². The molecule has 0 fully saturated rings. The molecule has 0 saturated carbocycles. The van der Waals surface area contributed by atoms with Crippen molar-refractivity contribution < 1.29 is 0 Å². The summed E-state index contributed by atoms with van der Waals surface area (Å²) in [5.74, 6) is 0. The molecule has 0 aliphatic carbocycles. The van der Waals surface area contributed by atoms with Crippen molar-refractivity contribution in [1.82, 2.24) is 4.81 Å². The van der Waals surface area contributed by atoms with Crippen molar-refractivity contribution in [3.63, 3.8) is 0 Å². The molecule has 8 rings (SSSR count). The van der Waals surface area contributed by atoms with Crippen LogP contribution in [0.5, 0.6) is 0 Å². The third kappa shape index (κ3) is 4.83. The normalized spacial score (nSPS) is 13.4.